The van der Waals surface area contributed by atoms with Gasteiger partial charge in [-0.05, 0) is 56.3 Å². The molecule has 0 aromatic heterocycles. The summed E-state index contributed by atoms with van der Waals surface area (Å²) in [5.41, 5.74) is 0. The Labute approximate surface area is 159 Å². The molecular formula is C19H44O4Si2. The minimum atomic E-state index is -2.08. The second-order valence-corrected chi connectivity index (χ2v) is 14.0. The van der Waals surface area contributed by atoms with Gasteiger partial charge in [0.2, 0.25) is 0 Å². The van der Waals surface area contributed by atoms with Crippen molar-refractivity contribution in [2.45, 2.75) is 97.8 Å². The van der Waals surface area contributed by atoms with E-state index in [4.69, 9.17) is 17.7 Å². The molecule has 0 aliphatic rings. The average molecular weight is 393 g/mol. The summed E-state index contributed by atoms with van der Waals surface area (Å²) in [6.07, 6.45) is 5.31. The Balaban J connectivity index is 4.82. The highest BCUT2D eigenvalue weighted by Crippen LogP contribution is 2.28. The molecule has 0 radical (unpaired) electrons. The molecule has 0 bridgehead atoms. The Morgan fingerprint density at radius 3 is 0.960 bits per heavy atom. The lowest BCUT2D eigenvalue weighted by atomic mass is 10.5. The van der Waals surface area contributed by atoms with Crippen LogP contribution in [0.1, 0.15) is 73.6 Å². The maximum Gasteiger partial charge on any atom is 0.337 e. The van der Waals surface area contributed by atoms with E-state index in [-0.39, 0.29) is 0 Å². The normalized spacial score (nSPS) is 12.7. The molecule has 4 nitrogen and oxygen atoms in total. The molecule has 0 saturated carbocycles. The van der Waals surface area contributed by atoms with E-state index in [0.717, 1.165) is 82.7 Å². The zero-order valence-electron chi connectivity index (χ0n) is 17.8. The van der Waals surface area contributed by atoms with Crippen LogP contribution < -0.4 is 0 Å². The third-order valence-corrected chi connectivity index (χ3v) is 11.8. The molecule has 0 unspecified atom stereocenters. The van der Waals surface area contributed by atoms with Gasteiger partial charge in [-0.25, -0.2) is 0 Å². The SMILES string of the molecule is CCCO[Si](CC)(CCC[Si](CC)(OCCC)OCCC)OCCC. The Morgan fingerprint density at radius 2 is 0.760 bits per heavy atom. The highest BCUT2D eigenvalue weighted by Gasteiger charge is 2.39. The Bertz CT molecular complexity index is 259. The summed E-state index contributed by atoms with van der Waals surface area (Å²) in [5, 5.41) is 0. The topological polar surface area (TPSA) is 36.9 Å². The molecule has 0 amide bonds. The second kappa shape index (κ2) is 15.3. The van der Waals surface area contributed by atoms with E-state index in [0.29, 0.717) is 0 Å². The van der Waals surface area contributed by atoms with Gasteiger partial charge in [0.15, 0.2) is 0 Å². The van der Waals surface area contributed by atoms with Gasteiger partial charge in [0.25, 0.3) is 0 Å². The monoisotopic (exact) mass is 392 g/mol. The van der Waals surface area contributed by atoms with Gasteiger partial charge in [-0.2, -0.15) is 0 Å². The summed E-state index contributed by atoms with van der Waals surface area (Å²) in [6.45, 7) is 16.4. The Morgan fingerprint density at radius 1 is 0.480 bits per heavy atom. The summed E-state index contributed by atoms with van der Waals surface area (Å²) in [4.78, 5) is 0. The molecule has 152 valence electrons. The minimum Gasteiger partial charge on any atom is -0.394 e. The Kier molecular flexibility index (Phi) is 15.5. The number of hydrogen-bond acceptors (Lipinski definition) is 4. The van der Waals surface area contributed by atoms with Crippen LogP contribution in [0.5, 0.6) is 0 Å². The van der Waals surface area contributed by atoms with Gasteiger partial charge in [-0.1, -0.05) is 41.5 Å². The fourth-order valence-electron chi connectivity index (χ4n) is 2.91. The summed E-state index contributed by atoms with van der Waals surface area (Å²) < 4.78 is 25.2. The van der Waals surface area contributed by atoms with Crippen LogP contribution in [0.25, 0.3) is 0 Å². The molecule has 6 heteroatoms. The van der Waals surface area contributed by atoms with Gasteiger partial charge in [0, 0.05) is 26.4 Å². The van der Waals surface area contributed by atoms with Gasteiger partial charge in [0.05, 0.1) is 0 Å². The first kappa shape index (κ1) is 25.3. The molecule has 0 rings (SSSR count). The van der Waals surface area contributed by atoms with Gasteiger partial charge in [-0.3, -0.25) is 0 Å². The maximum atomic E-state index is 6.29. The number of rotatable bonds is 18. The lowest BCUT2D eigenvalue weighted by Gasteiger charge is -2.33. The highest BCUT2D eigenvalue weighted by atomic mass is 28.4. The van der Waals surface area contributed by atoms with Crippen LogP contribution in [-0.2, 0) is 17.7 Å². The summed E-state index contributed by atoms with van der Waals surface area (Å²) >= 11 is 0. The van der Waals surface area contributed by atoms with Crippen LogP contribution >= 0.6 is 0 Å². The molecule has 0 spiro atoms. The third-order valence-electron chi connectivity index (χ3n) is 4.47. The molecule has 0 aliphatic heterocycles. The summed E-state index contributed by atoms with van der Waals surface area (Å²) in [5.74, 6) is 0. The van der Waals surface area contributed by atoms with Gasteiger partial charge < -0.3 is 17.7 Å². The van der Waals surface area contributed by atoms with Crippen molar-refractivity contribution < 1.29 is 17.7 Å². The van der Waals surface area contributed by atoms with Crippen LogP contribution in [0.4, 0.5) is 0 Å². The van der Waals surface area contributed by atoms with E-state index in [1.807, 2.05) is 0 Å². The minimum absolute atomic E-state index is 0.818. The van der Waals surface area contributed by atoms with Crippen molar-refractivity contribution in [2.24, 2.45) is 0 Å². The second-order valence-electron chi connectivity index (χ2n) is 6.78. The van der Waals surface area contributed by atoms with Crippen molar-refractivity contribution in [3.8, 4) is 0 Å². The summed E-state index contributed by atoms with van der Waals surface area (Å²) in [7, 11) is -4.15. The quantitative estimate of drug-likeness (QED) is 0.268. The molecule has 0 atom stereocenters. The third kappa shape index (κ3) is 10.3. The van der Waals surface area contributed by atoms with E-state index >= 15 is 0 Å². The summed E-state index contributed by atoms with van der Waals surface area (Å²) in [6, 6.07) is 4.17. The lowest BCUT2D eigenvalue weighted by Crippen LogP contribution is -2.45. The number of hydrogen-bond donors (Lipinski definition) is 0. The van der Waals surface area contributed by atoms with E-state index in [1.165, 1.54) is 0 Å². The van der Waals surface area contributed by atoms with Gasteiger partial charge in [-0.15, -0.1) is 0 Å². The molecule has 0 saturated heterocycles. The van der Waals surface area contributed by atoms with Crippen LogP contribution in [0.2, 0.25) is 24.2 Å². The zero-order valence-corrected chi connectivity index (χ0v) is 19.8. The van der Waals surface area contributed by atoms with Crippen molar-refractivity contribution in [1.82, 2.24) is 0 Å². The van der Waals surface area contributed by atoms with Gasteiger partial charge in [0.1, 0.15) is 0 Å². The molecule has 0 fully saturated rings. The average Bonchev–Trinajstić information content (AvgIpc) is 2.65. The van der Waals surface area contributed by atoms with E-state index in [9.17, 15) is 0 Å². The van der Waals surface area contributed by atoms with E-state index < -0.39 is 17.1 Å². The molecule has 25 heavy (non-hydrogen) atoms. The lowest BCUT2D eigenvalue weighted by molar-refractivity contribution is 0.162. The molecule has 0 aliphatic carbocycles. The van der Waals surface area contributed by atoms with Crippen LogP contribution in [0.15, 0.2) is 0 Å². The fourth-order valence-corrected chi connectivity index (χ4v) is 9.27. The molecule has 0 aromatic carbocycles. The van der Waals surface area contributed by atoms with Crippen molar-refractivity contribution in [1.29, 1.82) is 0 Å². The van der Waals surface area contributed by atoms with Crippen molar-refractivity contribution in [2.75, 3.05) is 26.4 Å². The van der Waals surface area contributed by atoms with Crippen LogP contribution in [-0.4, -0.2) is 43.5 Å². The first-order valence-corrected chi connectivity index (χ1v) is 15.1. The molecule has 0 heterocycles. The van der Waals surface area contributed by atoms with E-state index in [2.05, 4.69) is 41.5 Å². The van der Waals surface area contributed by atoms with Crippen molar-refractivity contribution in [3.05, 3.63) is 0 Å². The fraction of sp³-hybridized carbons (Fsp3) is 1.00. The predicted octanol–water partition coefficient (Wildman–Crippen LogP) is 6.01. The van der Waals surface area contributed by atoms with Crippen molar-refractivity contribution in [3.63, 3.8) is 0 Å². The van der Waals surface area contributed by atoms with Crippen LogP contribution in [0, 0.1) is 0 Å². The highest BCUT2D eigenvalue weighted by molar-refractivity contribution is 6.69. The first-order valence-electron chi connectivity index (χ1n) is 10.6. The standard InChI is InChI=1S/C19H44O4Si2/c1-7-14-20-24(11-5,21-15-8-2)18-13-19-25(12-6,22-16-9-3)23-17-10-4/h7-19H2,1-6H3. The predicted molar refractivity (Wildman–Crippen MR) is 112 cm³/mol. The zero-order chi connectivity index (χ0) is 19.0. The van der Waals surface area contributed by atoms with Crippen molar-refractivity contribution >= 4 is 17.1 Å². The molecule has 0 aromatic rings. The largest absolute Gasteiger partial charge is 0.394 e. The van der Waals surface area contributed by atoms with Gasteiger partial charge >= 0.3 is 17.1 Å². The Hall–Kier alpha value is 0.274. The smallest absolute Gasteiger partial charge is 0.337 e. The van der Waals surface area contributed by atoms with Crippen LogP contribution in [0.3, 0.4) is 0 Å². The molecule has 0 N–H and O–H groups in total. The van der Waals surface area contributed by atoms with E-state index in [1.54, 1.807) is 0 Å². The maximum absolute atomic E-state index is 6.29. The molecular weight excluding hydrogens is 348 g/mol. The first-order chi connectivity index (χ1) is 12.1.